The molecular formula is C11H14ClNO3. The number of aliphatic carboxylic acids is 1. The molecule has 0 amide bonds. The van der Waals surface area contributed by atoms with E-state index in [1.165, 1.54) is 6.92 Å². The molecular weight excluding hydrogens is 230 g/mol. The van der Waals surface area contributed by atoms with Crippen LogP contribution in [-0.2, 0) is 4.79 Å². The third-order valence-electron chi connectivity index (χ3n) is 2.03. The molecule has 0 aromatic heterocycles. The molecule has 0 bridgehead atoms. The lowest BCUT2D eigenvalue weighted by molar-refractivity contribution is -0.141. The van der Waals surface area contributed by atoms with Crippen LogP contribution in [0.2, 0.25) is 5.02 Å². The molecule has 0 spiro atoms. The molecule has 5 heteroatoms. The van der Waals surface area contributed by atoms with Gasteiger partial charge in [0.15, 0.2) is 0 Å². The maximum atomic E-state index is 10.5. The molecule has 0 radical (unpaired) electrons. The Morgan fingerprint density at radius 3 is 2.81 bits per heavy atom. The molecule has 0 fully saturated rings. The van der Waals surface area contributed by atoms with Crippen molar-refractivity contribution in [2.75, 3.05) is 11.9 Å². The van der Waals surface area contributed by atoms with Gasteiger partial charge in [-0.25, -0.2) is 0 Å². The zero-order chi connectivity index (χ0) is 12.2. The lowest BCUT2D eigenvalue weighted by atomic mass is 10.0. The summed E-state index contributed by atoms with van der Waals surface area (Å²) in [5.74, 6) is -1.03. The van der Waals surface area contributed by atoms with Crippen molar-refractivity contribution >= 4 is 23.3 Å². The van der Waals surface area contributed by atoms with E-state index in [0.29, 0.717) is 5.02 Å². The zero-order valence-electron chi connectivity index (χ0n) is 8.90. The van der Waals surface area contributed by atoms with Gasteiger partial charge >= 0.3 is 5.97 Å². The number of nitrogens with one attached hydrogen (secondary N) is 1. The molecule has 1 rings (SSSR count). The number of hydrogen-bond acceptors (Lipinski definition) is 3. The number of anilines is 1. The zero-order valence-corrected chi connectivity index (χ0v) is 9.66. The highest BCUT2D eigenvalue weighted by molar-refractivity contribution is 6.30. The van der Waals surface area contributed by atoms with Gasteiger partial charge < -0.3 is 15.5 Å². The van der Waals surface area contributed by atoms with E-state index in [4.69, 9.17) is 16.7 Å². The van der Waals surface area contributed by atoms with Gasteiger partial charge in [-0.15, -0.1) is 0 Å². The van der Waals surface area contributed by atoms with Crippen LogP contribution in [0.5, 0.6) is 0 Å². The Balaban J connectivity index is 2.54. The van der Waals surface area contributed by atoms with Crippen molar-refractivity contribution in [2.24, 2.45) is 0 Å². The molecule has 16 heavy (non-hydrogen) atoms. The second-order valence-corrected chi connectivity index (χ2v) is 4.37. The molecule has 0 aliphatic carbocycles. The Hall–Kier alpha value is -1.26. The fourth-order valence-corrected chi connectivity index (χ4v) is 1.47. The number of carboxylic acid groups (broad SMARTS) is 1. The highest BCUT2D eigenvalue weighted by atomic mass is 35.5. The fraction of sp³-hybridized carbons (Fsp3) is 0.364. The summed E-state index contributed by atoms with van der Waals surface area (Å²) in [5, 5.41) is 21.8. The molecule has 0 saturated heterocycles. The van der Waals surface area contributed by atoms with E-state index in [1.807, 2.05) is 0 Å². The van der Waals surface area contributed by atoms with Crippen LogP contribution < -0.4 is 5.32 Å². The van der Waals surface area contributed by atoms with E-state index < -0.39 is 11.6 Å². The molecule has 1 atom stereocenters. The third-order valence-corrected chi connectivity index (χ3v) is 2.27. The maximum Gasteiger partial charge on any atom is 0.306 e. The van der Waals surface area contributed by atoms with E-state index >= 15 is 0 Å². The highest BCUT2D eigenvalue weighted by Gasteiger charge is 2.23. The normalized spacial score (nSPS) is 14.2. The van der Waals surface area contributed by atoms with E-state index in [0.717, 1.165) is 5.69 Å². The van der Waals surface area contributed by atoms with Crippen LogP contribution in [0.25, 0.3) is 0 Å². The third kappa shape index (κ3) is 4.51. The number of rotatable bonds is 5. The monoisotopic (exact) mass is 243 g/mol. The first kappa shape index (κ1) is 12.8. The van der Waals surface area contributed by atoms with Gasteiger partial charge in [0.05, 0.1) is 12.0 Å². The maximum absolute atomic E-state index is 10.5. The lowest BCUT2D eigenvalue weighted by Gasteiger charge is -2.22. The van der Waals surface area contributed by atoms with E-state index in [9.17, 15) is 9.90 Å². The standard InChI is InChI=1S/C11H14ClNO3/c1-11(16,6-10(14)15)7-13-9-4-2-3-8(12)5-9/h2-5,13,16H,6-7H2,1H3,(H,14,15). The van der Waals surface area contributed by atoms with Gasteiger partial charge in [0.1, 0.15) is 0 Å². The first-order valence-corrected chi connectivity index (χ1v) is 5.20. The Morgan fingerprint density at radius 1 is 1.56 bits per heavy atom. The number of benzene rings is 1. The van der Waals surface area contributed by atoms with E-state index in [1.54, 1.807) is 24.3 Å². The number of carboxylic acids is 1. The van der Waals surface area contributed by atoms with Crippen molar-refractivity contribution in [3.63, 3.8) is 0 Å². The SMILES string of the molecule is CC(O)(CNc1cccc(Cl)c1)CC(=O)O. The van der Waals surface area contributed by atoms with Gasteiger partial charge in [0.2, 0.25) is 0 Å². The summed E-state index contributed by atoms with van der Waals surface area (Å²) >= 11 is 5.78. The Morgan fingerprint density at radius 2 is 2.25 bits per heavy atom. The van der Waals surface area contributed by atoms with Crippen LogP contribution in [0.1, 0.15) is 13.3 Å². The smallest absolute Gasteiger partial charge is 0.306 e. The largest absolute Gasteiger partial charge is 0.481 e. The predicted octanol–water partition coefficient (Wildman–Crippen LogP) is 1.98. The average molecular weight is 244 g/mol. The van der Waals surface area contributed by atoms with Gasteiger partial charge in [0.25, 0.3) is 0 Å². The second kappa shape index (κ2) is 5.18. The Labute approximate surface area is 98.9 Å². The minimum Gasteiger partial charge on any atom is -0.481 e. The van der Waals surface area contributed by atoms with Crippen molar-refractivity contribution < 1.29 is 15.0 Å². The summed E-state index contributed by atoms with van der Waals surface area (Å²) in [4.78, 5) is 10.5. The van der Waals surface area contributed by atoms with Crippen molar-refractivity contribution in [3.05, 3.63) is 29.3 Å². The van der Waals surface area contributed by atoms with Crippen molar-refractivity contribution in [3.8, 4) is 0 Å². The van der Waals surface area contributed by atoms with Gasteiger partial charge in [-0.2, -0.15) is 0 Å². The highest BCUT2D eigenvalue weighted by Crippen LogP contribution is 2.17. The summed E-state index contributed by atoms with van der Waals surface area (Å²) in [5.41, 5.74) is -0.535. The molecule has 1 aromatic rings. The first-order chi connectivity index (χ1) is 7.39. The fourth-order valence-electron chi connectivity index (χ4n) is 1.28. The molecule has 0 aliphatic heterocycles. The molecule has 1 aromatic carbocycles. The topological polar surface area (TPSA) is 69.6 Å². The van der Waals surface area contributed by atoms with Gasteiger partial charge in [-0.1, -0.05) is 17.7 Å². The van der Waals surface area contributed by atoms with Gasteiger partial charge in [-0.05, 0) is 25.1 Å². The Bertz CT molecular complexity index is 379. The molecule has 0 heterocycles. The van der Waals surface area contributed by atoms with Crippen LogP contribution >= 0.6 is 11.6 Å². The average Bonchev–Trinajstić information content (AvgIpc) is 2.13. The van der Waals surface area contributed by atoms with Gasteiger partial charge in [0, 0.05) is 17.3 Å². The van der Waals surface area contributed by atoms with Crippen LogP contribution in [0.15, 0.2) is 24.3 Å². The van der Waals surface area contributed by atoms with Crippen LogP contribution in [0.4, 0.5) is 5.69 Å². The lowest BCUT2D eigenvalue weighted by Crippen LogP contribution is -2.35. The molecule has 0 saturated carbocycles. The van der Waals surface area contributed by atoms with E-state index in [-0.39, 0.29) is 13.0 Å². The quantitative estimate of drug-likeness (QED) is 0.740. The van der Waals surface area contributed by atoms with Crippen molar-refractivity contribution in [1.29, 1.82) is 0 Å². The summed E-state index contributed by atoms with van der Waals surface area (Å²) in [7, 11) is 0. The van der Waals surface area contributed by atoms with Crippen LogP contribution in [-0.4, -0.2) is 28.3 Å². The van der Waals surface area contributed by atoms with Crippen LogP contribution in [0, 0.1) is 0 Å². The number of carbonyl (C=O) groups is 1. The summed E-state index contributed by atoms with van der Waals surface area (Å²) in [6.07, 6.45) is -0.305. The second-order valence-electron chi connectivity index (χ2n) is 3.93. The molecule has 88 valence electrons. The molecule has 1 unspecified atom stereocenters. The number of aliphatic hydroxyl groups is 1. The molecule has 4 nitrogen and oxygen atoms in total. The minimum atomic E-state index is -1.28. The summed E-state index contributed by atoms with van der Waals surface area (Å²) < 4.78 is 0. The summed E-state index contributed by atoms with van der Waals surface area (Å²) in [6, 6.07) is 7.01. The van der Waals surface area contributed by atoms with Crippen molar-refractivity contribution in [2.45, 2.75) is 18.9 Å². The minimum absolute atomic E-state index is 0.152. The van der Waals surface area contributed by atoms with Crippen LogP contribution in [0.3, 0.4) is 0 Å². The number of halogens is 1. The molecule has 3 N–H and O–H groups in total. The van der Waals surface area contributed by atoms with Crippen molar-refractivity contribution in [1.82, 2.24) is 0 Å². The predicted molar refractivity (Wildman–Crippen MR) is 62.8 cm³/mol. The molecule has 0 aliphatic rings. The summed E-state index contributed by atoms with van der Waals surface area (Å²) in [6.45, 7) is 1.62. The Kier molecular flexibility index (Phi) is 4.15. The number of hydrogen-bond donors (Lipinski definition) is 3. The van der Waals surface area contributed by atoms with E-state index in [2.05, 4.69) is 5.32 Å². The first-order valence-electron chi connectivity index (χ1n) is 4.83. The van der Waals surface area contributed by atoms with Gasteiger partial charge in [-0.3, -0.25) is 4.79 Å².